The summed E-state index contributed by atoms with van der Waals surface area (Å²) >= 11 is 0. The number of hydrogen-bond donors (Lipinski definition) is 1. The first-order valence-electron chi connectivity index (χ1n) is 5.98. The standard InChI is InChI=1S/2C7H12O2/c1-5(2)4-6(3)7(8)9;1-4-6(3)9-7(8)5-2/h5H,3-4H2,1-2H3,(H,8,9);5-6H,2,4H2,1,3H3. The Morgan fingerprint density at radius 1 is 1.33 bits per heavy atom. The normalized spacial score (nSPS) is 10.9. The zero-order valence-corrected chi connectivity index (χ0v) is 11.7. The number of carboxylic acids is 1. The molecule has 0 rings (SSSR count). The lowest BCUT2D eigenvalue weighted by Crippen LogP contribution is -2.10. The van der Waals surface area contributed by atoms with Gasteiger partial charge in [-0.25, -0.2) is 9.59 Å². The molecule has 0 aromatic rings. The Morgan fingerprint density at radius 2 is 1.83 bits per heavy atom. The molecule has 4 heteroatoms. The Hall–Kier alpha value is -1.58. The van der Waals surface area contributed by atoms with E-state index in [1.54, 1.807) is 0 Å². The quantitative estimate of drug-likeness (QED) is 0.585. The van der Waals surface area contributed by atoms with Gasteiger partial charge in [-0.15, -0.1) is 0 Å². The molecule has 0 heterocycles. The number of esters is 1. The molecule has 0 aliphatic heterocycles. The van der Waals surface area contributed by atoms with Crippen molar-refractivity contribution in [1.29, 1.82) is 0 Å². The first-order valence-corrected chi connectivity index (χ1v) is 5.98. The van der Waals surface area contributed by atoms with Gasteiger partial charge >= 0.3 is 11.9 Å². The molecule has 0 spiro atoms. The summed E-state index contributed by atoms with van der Waals surface area (Å²) in [5.74, 6) is -0.846. The van der Waals surface area contributed by atoms with Crippen LogP contribution >= 0.6 is 0 Å². The Labute approximate surface area is 109 Å². The van der Waals surface area contributed by atoms with Gasteiger partial charge in [0.2, 0.25) is 0 Å². The molecule has 0 aliphatic rings. The molecule has 0 saturated heterocycles. The molecule has 1 unspecified atom stereocenters. The van der Waals surface area contributed by atoms with E-state index in [0.717, 1.165) is 6.42 Å². The lowest BCUT2D eigenvalue weighted by molar-refractivity contribution is -0.142. The minimum Gasteiger partial charge on any atom is -0.478 e. The summed E-state index contributed by atoms with van der Waals surface area (Å²) in [4.78, 5) is 20.6. The molecule has 0 fully saturated rings. The highest BCUT2D eigenvalue weighted by atomic mass is 16.5. The Morgan fingerprint density at radius 3 is 2.06 bits per heavy atom. The molecule has 0 bridgehead atoms. The molecule has 0 radical (unpaired) electrons. The maximum Gasteiger partial charge on any atom is 0.330 e. The number of aliphatic carboxylic acids is 1. The van der Waals surface area contributed by atoms with Crippen molar-refractivity contribution in [2.24, 2.45) is 5.92 Å². The van der Waals surface area contributed by atoms with Crippen LogP contribution in [0.2, 0.25) is 0 Å². The van der Waals surface area contributed by atoms with Crippen molar-refractivity contribution in [3.8, 4) is 0 Å². The molecular weight excluding hydrogens is 232 g/mol. The fourth-order valence-corrected chi connectivity index (χ4v) is 0.910. The molecule has 104 valence electrons. The SMILES string of the molecule is C=C(CC(C)C)C(=O)O.C=CC(=O)OC(C)CC. The molecule has 0 aliphatic carbocycles. The van der Waals surface area contributed by atoms with E-state index in [-0.39, 0.29) is 12.1 Å². The molecule has 0 aromatic carbocycles. The monoisotopic (exact) mass is 256 g/mol. The van der Waals surface area contributed by atoms with E-state index >= 15 is 0 Å². The number of ether oxygens (including phenoxy) is 1. The van der Waals surface area contributed by atoms with E-state index in [1.807, 2.05) is 27.7 Å². The van der Waals surface area contributed by atoms with Crippen LogP contribution in [-0.4, -0.2) is 23.1 Å². The number of carbonyl (C=O) groups is 2. The largest absolute Gasteiger partial charge is 0.478 e. The first-order chi connectivity index (χ1) is 8.24. The van der Waals surface area contributed by atoms with E-state index in [4.69, 9.17) is 9.84 Å². The van der Waals surface area contributed by atoms with Gasteiger partial charge in [-0.2, -0.15) is 0 Å². The van der Waals surface area contributed by atoms with Gasteiger partial charge in [0.25, 0.3) is 0 Å². The molecule has 18 heavy (non-hydrogen) atoms. The van der Waals surface area contributed by atoms with Crippen LogP contribution in [-0.2, 0) is 14.3 Å². The average molecular weight is 256 g/mol. The fraction of sp³-hybridized carbons (Fsp3) is 0.571. The van der Waals surface area contributed by atoms with Gasteiger partial charge in [-0.1, -0.05) is 33.9 Å². The van der Waals surface area contributed by atoms with Crippen molar-refractivity contribution in [2.45, 2.75) is 46.6 Å². The molecule has 0 saturated carbocycles. The second-order valence-corrected chi connectivity index (χ2v) is 4.37. The summed E-state index contributed by atoms with van der Waals surface area (Å²) in [5, 5.41) is 8.33. The maximum absolute atomic E-state index is 10.4. The van der Waals surface area contributed by atoms with Crippen molar-refractivity contribution in [3.63, 3.8) is 0 Å². The highest BCUT2D eigenvalue weighted by Crippen LogP contribution is 2.07. The zero-order chi connectivity index (χ0) is 14.7. The topological polar surface area (TPSA) is 63.6 Å². The Kier molecular flexibility index (Phi) is 11.0. The van der Waals surface area contributed by atoms with Gasteiger partial charge in [-0.3, -0.25) is 0 Å². The van der Waals surface area contributed by atoms with Crippen LogP contribution in [0.25, 0.3) is 0 Å². The van der Waals surface area contributed by atoms with Crippen LogP contribution in [0.3, 0.4) is 0 Å². The lowest BCUT2D eigenvalue weighted by atomic mass is 10.1. The Bertz CT molecular complexity index is 292. The summed E-state index contributed by atoms with van der Waals surface area (Å²) in [6, 6.07) is 0. The minimum atomic E-state index is -0.885. The molecular formula is C14H24O4. The van der Waals surface area contributed by atoms with Crippen LogP contribution < -0.4 is 0 Å². The number of rotatable bonds is 6. The second kappa shape index (κ2) is 10.6. The summed E-state index contributed by atoms with van der Waals surface area (Å²) in [5.41, 5.74) is 0.296. The second-order valence-electron chi connectivity index (χ2n) is 4.37. The minimum absolute atomic E-state index is 0.00972. The van der Waals surface area contributed by atoms with Gasteiger partial charge < -0.3 is 9.84 Å². The third-order valence-electron chi connectivity index (χ3n) is 2.02. The number of carbonyl (C=O) groups excluding carboxylic acids is 1. The predicted molar refractivity (Wildman–Crippen MR) is 72.3 cm³/mol. The third-order valence-corrected chi connectivity index (χ3v) is 2.02. The van der Waals surface area contributed by atoms with Crippen molar-refractivity contribution >= 4 is 11.9 Å². The molecule has 0 amide bonds. The van der Waals surface area contributed by atoms with Crippen molar-refractivity contribution in [3.05, 3.63) is 24.8 Å². The summed E-state index contributed by atoms with van der Waals surface area (Å²) in [7, 11) is 0. The van der Waals surface area contributed by atoms with E-state index in [0.29, 0.717) is 17.9 Å². The highest BCUT2D eigenvalue weighted by molar-refractivity contribution is 5.85. The van der Waals surface area contributed by atoms with E-state index in [1.165, 1.54) is 6.08 Å². The van der Waals surface area contributed by atoms with E-state index in [9.17, 15) is 9.59 Å². The van der Waals surface area contributed by atoms with Crippen LogP contribution in [0.15, 0.2) is 24.8 Å². The van der Waals surface area contributed by atoms with Crippen LogP contribution in [0, 0.1) is 5.92 Å². The third kappa shape index (κ3) is 12.5. The van der Waals surface area contributed by atoms with Crippen LogP contribution in [0.5, 0.6) is 0 Å². The Balaban J connectivity index is 0. The first kappa shape index (κ1) is 18.8. The van der Waals surface area contributed by atoms with Crippen molar-refractivity contribution in [1.82, 2.24) is 0 Å². The zero-order valence-electron chi connectivity index (χ0n) is 11.7. The van der Waals surface area contributed by atoms with Crippen LogP contribution in [0.1, 0.15) is 40.5 Å². The fourth-order valence-electron chi connectivity index (χ4n) is 0.910. The molecule has 1 atom stereocenters. The molecule has 0 aromatic heterocycles. The van der Waals surface area contributed by atoms with Crippen molar-refractivity contribution in [2.75, 3.05) is 0 Å². The number of hydrogen-bond acceptors (Lipinski definition) is 3. The highest BCUT2D eigenvalue weighted by Gasteiger charge is 2.04. The lowest BCUT2D eigenvalue weighted by Gasteiger charge is -2.07. The van der Waals surface area contributed by atoms with E-state index < -0.39 is 5.97 Å². The smallest absolute Gasteiger partial charge is 0.330 e. The molecule has 4 nitrogen and oxygen atoms in total. The predicted octanol–water partition coefficient (Wildman–Crippen LogP) is 3.19. The summed E-state index contributed by atoms with van der Waals surface area (Å²) in [6.45, 7) is 14.4. The van der Waals surface area contributed by atoms with Gasteiger partial charge in [0.1, 0.15) is 0 Å². The van der Waals surface area contributed by atoms with Gasteiger partial charge in [0.15, 0.2) is 0 Å². The number of carboxylic acid groups (broad SMARTS) is 1. The average Bonchev–Trinajstić information content (AvgIpc) is 2.28. The van der Waals surface area contributed by atoms with Gasteiger partial charge in [0.05, 0.1) is 6.10 Å². The molecule has 1 N–H and O–H groups in total. The van der Waals surface area contributed by atoms with Gasteiger partial charge in [0, 0.05) is 11.6 Å². The van der Waals surface area contributed by atoms with Crippen molar-refractivity contribution < 1.29 is 19.4 Å². The van der Waals surface area contributed by atoms with E-state index in [2.05, 4.69) is 13.2 Å². The van der Waals surface area contributed by atoms with Gasteiger partial charge in [-0.05, 0) is 25.7 Å². The van der Waals surface area contributed by atoms with Crippen LogP contribution in [0.4, 0.5) is 0 Å². The summed E-state index contributed by atoms with van der Waals surface area (Å²) in [6.07, 6.45) is 2.61. The maximum atomic E-state index is 10.4. The summed E-state index contributed by atoms with van der Waals surface area (Å²) < 4.78 is 4.79.